The van der Waals surface area contributed by atoms with Crippen LogP contribution in [0.25, 0.3) is 6.08 Å². The molecule has 1 unspecified atom stereocenters. The second kappa shape index (κ2) is 6.42. The SMILES string of the molecule is C=Cc1ccc(COCCC2OCC[N+]2=O)cc1. The van der Waals surface area contributed by atoms with Gasteiger partial charge in [-0.25, -0.2) is 0 Å². The molecular formula is C14H18NO3+. The Hall–Kier alpha value is -1.52. The van der Waals surface area contributed by atoms with Gasteiger partial charge in [0.1, 0.15) is 6.61 Å². The number of hydrogen-bond donors (Lipinski definition) is 0. The van der Waals surface area contributed by atoms with E-state index < -0.39 is 0 Å². The fraction of sp³-hybridized carbons (Fsp3) is 0.429. The first-order chi connectivity index (χ1) is 8.79. The van der Waals surface area contributed by atoms with Gasteiger partial charge in [0.15, 0.2) is 0 Å². The first-order valence-corrected chi connectivity index (χ1v) is 6.14. The van der Waals surface area contributed by atoms with E-state index in [4.69, 9.17) is 9.47 Å². The summed E-state index contributed by atoms with van der Waals surface area (Å²) in [6, 6.07) is 8.04. The van der Waals surface area contributed by atoms with Crippen LogP contribution in [0.1, 0.15) is 17.5 Å². The number of ether oxygens (including phenoxy) is 2. The second-order valence-corrected chi connectivity index (χ2v) is 4.25. The van der Waals surface area contributed by atoms with Crippen LogP contribution in [-0.4, -0.2) is 30.7 Å². The lowest BCUT2D eigenvalue weighted by atomic mass is 10.1. The van der Waals surface area contributed by atoms with Crippen LogP contribution < -0.4 is 0 Å². The van der Waals surface area contributed by atoms with E-state index in [9.17, 15) is 4.91 Å². The van der Waals surface area contributed by atoms with Gasteiger partial charge >= 0.3 is 6.23 Å². The predicted molar refractivity (Wildman–Crippen MR) is 69.0 cm³/mol. The van der Waals surface area contributed by atoms with Crippen molar-refractivity contribution in [1.82, 2.24) is 0 Å². The Morgan fingerprint density at radius 3 is 2.83 bits per heavy atom. The van der Waals surface area contributed by atoms with E-state index in [0.717, 1.165) is 15.9 Å². The lowest BCUT2D eigenvalue weighted by molar-refractivity contribution is -0.590. The third-order valence-corrected chi connectivity index (χ3v) is 2.94. The average molecular weight is 248 g/mol. The van der Waals surface area contributed by atoms with Crippen LogP contribution in [0, 0.1) is 4.91 Å². The van der Waals surface area contributed by atoms with Gasteiger partial charge in [-0.15, -0.1) is 0 Å². The van der Waals surface area contributed by atoms with Crippen LogP contribution in [0.2, 0.25) is 0 Å². The van der Waals surface area contributed by atoms with E-state index in [0.29, 0.717) is 32.8 Å². The van der Waals surface area contributed by atoms with E-state index in [-0.39, 0.29) is 6.23 Å². The third-order valence-electron chi connectivity index (χ3n) is 2.94. The van der Waals surface area contributed by atoms with E-state index in [2.05, 4.69) is 6.58 Å². The molecule has 18 heavy (non-hydrogen) atoms. The largest absolute Gasteiger partial charge is 0.376 e. The maximum absolute atomic E-state index is 11.2. The minimum atomic E-state index is -0.326. The molecule has 1 saturated heterocycles. The molecule has 0 bridgehead atoms. The molecule has 0 aliphatic carbocycles. The third kappa shape index (κ3) is 3.48. The molecule has 1 aromatic rings. The van der Waals surface area contributed by atoms with Gasteiger partial charge in [-0.1, -0.05) is 36.9 Å². The van der Waals surface area contributed by atoms with Crippen molar-refractivity contribution >= 4 is 6.08 Å². The minimum absolute atomic E-state index is 0.326. The standard InChI is InChI=1S/C14H18NO3/c1-2-12-3-5-13(6-4-12)11-17-9-7-14-15(16)8-10-18-14/h2-6,14H,1,7-11H2/q+1. The Morgan fingerprint density at radius 1 is 1.44 bits per heavy atom. The van der Waals surface area contributed by atoms with Crippen LogP contribution in [0.5, 0.6) is 0 Å². The molecule has 0 spiro atoms. The van der Waals surface area contributed by atoms with Gasteiger partial charge in [-0.3, -0.25) is 0 Å². The molecule has 0 N–H and O–H groups in total. The number of hydrogen-bond acceptors (Lipinski definition) is 3. The monoisotopic (exact) mass is 248 g/mol. The topological polar surface area (TPSA) is 38.5 Å². The molecule has 0 saturated carbocycles. The van der Waals surface area contributed by atoms with E-state index in [1.165, 1.54) is 0 Å². The molecule has 96 valence electrons. The number of nitroso groups, excluding NO2 is 1. The summed E-state index contributed by atoms with van der Waals surface area (Å²) in [5.74, 6) is 0. The normalized spacial score (nSPS) is 19.1. The molecule has 1 aliphatic heterocycles. The molecule has 0 radical (unpaired) electrons. The predicted octanol–water partition coefficient (Wildman–Crippen LogP) is 2.37. The summed E-state index contributed by atoms with van der Waals surface area (Å²) in [6.07, 6.45) is 2.10. The van der Waals surface area contributed by atoms with Crippen molar-refractivity contribution < 1.29 is 14.2 Å². The Morgan fingerprint density at radius 2 is 2.22 bits per heavy atom. The van der Waals surface area contributed by atoms with Crippen molar-refractivity contribution in [3.8, 4) is 0 Å². The Kier molecular flexibility index (Phi) is 4.61. The maximum atomic E-state index is 11.2. The highest BCUT2D eigenvalue weighted by Gasteiger charge is 2.31. The molecule has 4 heteroatoms. The lowest BCUT2D eigenvalue weighted by Gasteiger charge is -2.05. The highest BCUT2D eigenvalue weighted by atomic mass is 16.5. The molecule has 2 rings (SSSR count). The van der Waals surface area contributed by atoms with Crippen molar-refractivity contribution in [2.45, 2.75) is 19.3 Å². The number of nitrogens with zero attached hydrogens (tertiary/aromatic N) is 1. The summed E-state index contributed by atoms with van der Waals surface area (Å²) in [5, 5.41) is 0. The lowest BCUT2D eigenvalue weighted by Crippen LogP contribution is -2.19. The van der Waals surface area contributed by atoms with Crippen molar-refractivity contribution in [3.63, 3.8) is 0 Å². The first kappa shape index (κ1) is 12.9. The van der Waals surface area contributed by atoms with E-state index in [1.54, 1.807) is 0 Å². The summed E-state index contributed by atoms with van der Waals surface area (Å²) < 4.78 is 11.8. The Balaban J connectivity index is 1.68. The molecule has 1 fully saturated rings. The summed E-state index contributed by atoms with van der Waals surface area (Å²) >= 11 is 0. The van der Waals surface area contributed by atoms with Crippen molar-refractivity contribution in [2.75, 3.05) is 19.8 Å². The van der Waals surface area contributed by atoms with Gasteiger partial charge in [0.2, 0.25) is 6.54 Å². The summed E-state index contributed by atoms with van der Waals surface area (Å²) in [5.41, 5.74) is 2.21. The van der Waals surface area contributed by atoms with Crippen molar-refractivity contribution in [2.24, 2.45) is 0 Å². The van der Waals surface area contributed by atoms with Crippen LogP contribution in [0.15, 0.2) is 30.8 Å². The van der Waals surface area contributed by atoms with Gasteiger partial charge in [0, 0.05) is 9.67 Å². The van der Waals surface area contributed by atoms with Gasteiger partial charge < -0.3 is 9.47 Å². The zero-order valence-electron chi connectivity index (χ0n) is 10.4. The van der Waals surface area contributed by atoms with Crippen molar-refractivity contribution in [3.05, 3.63) is 46.9 Å². The zero-order valence-corrected chi connectivity index (χ0v) is 10.4. The molecule has 1 aliphatic rings. The fourth-order valence-electron chi connectivity index (χ4n) is 1.86. The van der Waals surface area contributed by atoms with Gasteiger partial charge in [0.25, 0.3) is 0 Å². The molecular weight excluding hydrogens is 230 g/mol. The second-order valence-electron chi connectivity index (χ2n) is 4.25. The molecule has 0 amide bonds. The molecule has 1 aromatic carbocycles. The Bertz CT molecular complexity index is 414. The molecule has 4 nitrogen and oxygen atoms in total. The first-order valence-electron chi connectivity index (χ1n) is 6.14. The van der Waals surface area contributed by atoms with Crippen molar-refractivity contribution in [1.29, 1.82) is 0 Å². The smallest absolute Gasteiger partial charge is 0.307 e. The maximum Gasteiger partial charge on any atom is 0.307 e. The quantitative estimate of drug-likeness (QED) is 0.573. The minimum Gasteiger partial charge on any atom is -0.376 e. The van der Waals surface area contributed by atoms with Gasteiger partial charge in [0.05, 0.1) is 19.6 Å². The van der Waals surface area contributed by atoms with E-state index >= 15 is 0 Å². The number of rotatable bonds is 6. The average Bonchev–Trinajstić information content (AvgIpc) is 2.81. The van der Waals surface area contributed by atoms with Crippen LogP contribution >= 0.6 is 0 Å². The van der Waals surface area contributed by atoms with E-state index in [1.807, 2.05) is 30.3 Å². The summed E-state index contributed by atoms with van der Waals surface area (Å²) in [4.78, 5) is 11.2. The Labute approximate surface area is 107 Å². The summed E-state index contributed by atoms with van der Waals surface area (Å²) in [7, 11) is 0. The highest BCUT2D eigenvalue weighted by molar-refractivity contribution is 5.47. The van der Waals surface area contributed by atoms with Crippen LogP contribution in [0.3, 0.4) is 0 Å². The number of benzene rings is 1. The zero-order chi connectivity index (χ0) is 12.8. The van der Waals surface area contributed by atoms with Crippen LogP contribution in [-0.2, 0) is 16.1 Å². The molecule has 1 atom stereocenters. The van der Waals surface area contributed by atoms with Gasteiger partial charge in [-0.05, 0) is 11.1 Å². The van der Waals surface area contributed by atoms with Crippen LogP contribution in [0.4, 0.5) is 0 Å². The fourth-order valence-corrected chi connectivity index (χ4v) is 1.86. The molecule has 0 aromatic heterocycles. The van der Waals surface area contributed by atoms with Gasteiger partial charge in [-0.2, -0.15) is 0 Å². The highest BCUT2D eigenvalue weighted by Crippen LogP contribution is 2.09. The summed E-state index contributed by atoms with van der Waals surface area (Å²) in [6.45, 7) is 5.79. The molecule has 1 heterocycles.